The first-order valence-electron chi connectivity index (χ1n) is 9.59. The summed E-state index contributed by atoms with van der Waals surface area (Å²) in [7, 11) is 3.08. The van der Waals surface area contributed by atoms with Gasteiger partial charge in [0, 0.05) is 17.5 Å². The molecule has 4 aromatic rings. The van der Waals surface area contributed by atoms with Gasteiger partial charge >= 0.3 is 11.7 Å². The van der Waals surface area contributed by atoms with E-state index >= 15 is 0 Å². The van der Waals surface area contributed by atoms with Gasteiger partial charge in [-0.25, -0.2) is 9.59 Å². The average molecular weight is 436 g/mol. The van der Waals surface area contributed by atoms with Crippen molar-refractivity contribution in [2.24, 2.45) is 0 Å². The minimum Gasteiger partial charge on any atom is -0.493 e. The number of nitrogens with zero attached hydrogens (tertiary/aromatic N) is 3. The number of rotatable bonds is 7. The van der Waals surface area contributed by atoms with Gasteiger partial charge in [0.05, 0.1) is 25.5 Å². The second kappa shape index (κ2) is 8.80. The number of hydrogen-bond acceptors (Lipinski definition) is 8. The molecule has 0 aliphatic carbocycles. The number of benzene rings is 2. The van der Waals surface area contributed by atoms with Gasteiger partial charge < -0.3 is 23.7 Å². The van der Waals surface area contributed by atoms with Gasteiger partial charge in [0.25, 0.3) is 5.89 Å². The van der Waals surface area contributed by atoms with E-state index in [-0.39, 0.29) is 18.2 Å². The summed E-state index contributed by atoms with van der Waals surface area (Å²) in [5.41, 5.74) is 2.14. The van der Waals surface area contributed by atoms with Crippen molar-refractivity contribution in [1.82, 2.24) is 19.7 Å². The lowest BCUT2D eigenvalue weighted by Gasteiger charge is -2.07. The lowest BCUT2D eigenvalue weighted by molar-refractivity contribution is 0.0430. The smallest absolute Gasteiger partial charge is 0.338 e. The molecular weight excluding hydrogens is 416 g/mol. The van der Waals surface area contributed by atoms with E-state index < -0.39 is 5.97 Å². The quantitative estimate of drug-likeness (QED) is 0.439. The molecule has 0 saturated carbocycles. The molecule has 32 heavy (non-hydrogen) atoms. The van der Waals surface area contributed by atoms with Crippen molar-refractivity contribution in [3.8, 4) is 28.6 Å². The predicted octanol–water partition coefficient (Wildman–Crippen LogP) is 2.90. The fourth-order valence-corrected chi connectivity index (χ4v) is 3.14. The molecule has 0 spiro atoms. The molecule has 0 unspecified atom stereocenters. The first-order chi connectivity index (χ1) is 15.5. The zero-order valence-corrected chi connectivity index (χ0v) is 17.6. The molecule has 0 atom stereocenters. The Hall–Kier alpha value is -4.34. The Kier molecular flexibility index (Phi) is 5.75. The second-order valence-electron chi connectivity index (χ2n) is 6.78. The van der Waals surface area contributed by atoms with Crippen LogP contribution in [0.15, 0.2) is 58.0 Å². The van der Waals surface area contributed by atoms with Crippen molar-refractivity contribution < 1.29 is 23.5 Å². The number of hydrogen-bond donors (Lipinski definition) is 1. The molecule has 0 saturated heterocycles. The van der Waals surface area contributed by atoms with Crippen LogP contribution in [0.5, 0.6) is 11.5 Å². The highest BCUT2D eigenvalue weighted by Crippen LogP contribution is 2.31. The Balaban J connectivity index is 1.42. The standard InChI is InChI=1S/C22H20N4O6/c1-13-11-23-22(28)26(13)16-7-4-14(5-8-16)21(27)31-12-19-24-20(25-32-19)15-6-9-17(29-2)18(10-15)30-3/h4-11H,12H2,1-3H3,(H,23,28). The monoisotopic (exact) mass is 436 g/mol. The number of aromatic amines is 1. The van der Waals surface area contributed by atoms with Crippen LogP contribution in [0.2, 0.25) is 0 Å². The Morgan fingerprint density at radius 3 is 2.50 bits per heavy atom. The van der Waals surface area contributed by atoms with Crippen molar-refractivity contribution in [1.29, 1.82) is 0 Å². The molecule has 164 valence electrons. The average Bonchev–Trinajstić information content (AvgIpc) is 3.43. The van der Waals surface area contributed by atoms with Gasteiger partial charge in [0.2, 0.25) is 5.82 Å². The molecule has 2 heterocycles. The van der Waals surface area contributed by atoms with Crippen LogP contribution in [-0.2, 0) is 11.3 Å². The molecule has 0 bridgehead atoms. The second-order valence-corrected chi connectivity index (χ2v) is 6.78. The summed E-state index contributed by atoms with van der Waals surface area (Å²) in [6.07, 6.45) is 1.62. The zero-order valence-electron chi connectivity index (χ0n) is 17.6. The summed E-state index contributed by atoms with van der Waals surface area (Å²) >= 11 is 0. The molecule has 0 amide bonds. The fourth-order valence-electron chi connectivity index (χ4n) is 3.14. The topological polar surface area (TPSA) is 121 Å². The number of nitrogens with one attached hydrogen (secondary N) is 1. The summed E-state index contributed by atoms with van der Waals surface area (Å²) < 4.78 is 22.4. The van der Waals surface area contributed by atoms with Crippen LogP contribution in [0.3, 0.4) is 0 Å². The van der Waals surface area contributed by atoms with E-state index in [0.29, 0.717) is 34.1 Å². The predicted molar refractivity (Wildman–Crippen MR) is 113 cm³/mol. The summed E-state index contributed by atoms with van der Waals surface area (Å²) in [5.74, 6) is 1.03. The Labute approximate surface area is 182 Å². The van der Waals surface area contributed by atoms with E-state index in [9.17, 15) is 9.59 Å². The molecule has 2 aromatic carbocycles. The summed E-state index contributed by atoms with van der Waals surface area (Å²) in [6, 6.07) is 11.7. The molecule has 0 fully saturated rings. The van der Waals surface area contributed by atoms with Gasteiger partial charge in [0.15, 0.2) is 18.1 Å². The van der Waals surface area contributed by atoms with E-state index in [0.717, 1.165) is 5.69 Å². The third-order valence-corrected chi connectivity index (χ3v) is 4.76. The number of methoxy groups -OCH3 is 2. The van der Waals surface area contributed by atoms with Gasteiger partial charge in [-0.15, -0.1) is 0 Å². The molecule has 10 nitrogen and oxygen atoms in total. The maximum Gasteiger partial charge on any atom is 0.338 e. The molecule has 0 radical (unpaired) electrons. The highest BCUT2D eigenvalue weighted by molar-refractivity contribution is 5.89. The number of esters is 1. The first-order valence-corrected chi connectivity index (χ1v) is 9.59. The zero-order chi connectivity index (χ0) is 22.7. The van der Waals surface area contributed by atoms with Gasteiger partial charge in [0.1, 0.15) is 0 Å². The summed E-state index contributed by atoms with van der Waals surface area (Å²) in [6.45, 7) is 1.62. The minimum atomic E-state index is -0.555. The number of ether oxygens (including phenoxy) is 3. The number of aryl methyl sites for hydroxylation is 1. The summed E-state index contributed by atoms with van der Waals surface area (Å²) in [4.78, 5) is 31.1. The van der Waals surface area contributed by atoms with E-state index in [1.165, 1.54) is 11.7 Å². The van der Waals surface area contributed by atoms with Gasteiger partial charge in [-0.05, 0) is 49.4 Å². The highest BCUT2D eigenvalue weighted by atomic mass is 16.6. The molecule has 0 aliphatic heterocycles. The maximum atomic E-state index is 12.4. The molecule has 0 aliphatic rings. The molecule has 4 rings (SSSR count). The Morgan fingerprint density at radius 1 is 1.09 bits per heavy atom. The highest BCUT2D eigenvalue weighted by Gasteiger charge is 2.15. The van der Waals surface area contributed by atoms with Gasteiger partial charge in [-0.2, -0.15) is 4.98 Å². The number of imidazole rings is 1. The Bertz CT molecular complexity index is 1300. The van der Waals surface area contributed by atoms with Crippen LogP contribution < -0.4 is 15.2 Å². The third-order valence-electron chi connectivity index (χ3n) is 4.76. The lowest BCUT2D eigenvalue weighted by atomic mass is 10.2. The number of aromatic nitrogens is 4. The van der Waals surface area contributed by atoms with E-state index in [1.807, 2.05) is 0 Å². The molecule has 2 aromatic heterocycles. The van der Waals surface area contributed by atoms with Crippen LogP contribution >= 0.6 is 0 Å². The van der Waals surface area contributed by atoms with E-state index in [2.05, 4.69) is 15.1 Å². The van der Waals surface area contributed by atoms with Crippen molar-refractivity contribution in [3.63, 3.8) is 0 Å². The fraction of sp³-hybridized carbons (Fsp3) is 0.182. The van der Waals surface area contributed by atoms with E-state index in [4.69, 9.17) is 18.7 Å². The van der Waals surface area contributed by atoms with Crippen molar-refractivity contribution >= 4 is 5.97 Å². The molecular formula is C22H20N4O6. The first kappa shape index (κ1) is 20.9. The third kappa shape index (κ3) is 4.10. The number of carbonyl (C=O) groups excluding carboxylic acids is 1. The summed E-state index contributed by atoms with van der Waals surface area (Å²) in [5, 5.41) is 3.92. The van der Waals surface area contributed by atoms with Gasteiger partial charge in [-0.3, -0.25) is 4.57 Å². The maximum absolute atomic E-state index is 12.4. The van der Waals surface area contributed by atoms with Crippen LogP contribution in [0.25, 0.3) is 17.1 Å². The van der Waals surface area contributed by atoms with Gasteiger partial charge in [-0.1, -0.05) is 5.16 Å². The largest absolute Gasteiger partial charge is 0.493 e. The number of carbonyl (C=O) groups is 1. The lowest BCUT2D eigenvalue weighted by Crippen LogP contribution is -2.16. The normalized spacial score (nSPS) is 10.7. The van der Waals surface area contributed by atoms with E-state index in [1.54, 1.807) is 62.7 Å². The minimum absolute atomic E-state index is 0.147. The van der Waals surface area contributed by atoms with Crippen LogP contribution in [-0.4, -0.2) is 39.9 Å². The van der Waals surface area contributed by atoms with Crippen LogP contribution in [0, 0.1) is 6.92 Å². The van der Waals surface area contributed by atoms with Crippen molar-refractivity contribution in [2.45, 2.75) is 13.5 Å². The Morgan fingerprint density at radius 2 is 1.84 bits per heavy atom. The van der Waals surface area contributed by atoms with Crippen LogP contribution in [0.4, 0.5) is 0 Å². The molecule has 1 N–H and O–H groups in total. The number of H-pyrrole nitrogens is 1. The van der Waals surface area contributed by atoms with Crippen molar-refractivity contribution in [2.75, 3.05) is 14.2 Å². The van der Waals surface area contributed by atoms with Crippen molar-refractivity contribution in [3.05, 3.63) is 76.3 Å². The SMILES string of the molecule is COc1ccc(-c2noc(COC(=O)c3ccc(-n4c(C)c[nH]c4=O)cc3)n2)cc1OC. The molecule has 10 heteroatoms. The van der Waals surface area contributed by atoms with Crippen LogP contribution in [0.1, 0.15) is 21.9 Å².